The largest absolute Gasteiger partial charge is 0.301 e. The van der Waals surface area contributed by atoms with Gasteiger partial charge >= 0.3 is 5.69 Å². The zero-order valence-electron chi connectivity index (χ0n) is 12.5. The second kappa shape index (κ2) is 6.50. The van der Waals surface area contributed by atoms with E-state index in [0.717, 1.165) is 31.0 Å². The van der Waals surface area contributed by atoms with Crippen LogP contribution in [-0.2, 0) is 0 Å². The molecule has 1 aliphatic carbocycles. The van der Waals surface area contributed by atoms with Gasteiger partial charge < -0.3 is 0 Å². The Hall–Kier alpha value is -2.51. The van der Waals surface area contributed by atoms with Crippen molar-refractivity contribution >= 4 is 22.8 Å². The molecule has 0 saturated heterocycles. The van der Waals surface area contributed by atoms with Gasteiger partial charge in [-0.1, -0.05) is 13.8 Å². The molecule has 1 fully saturated rings. The number of hydrogen-bond donors (Lipinski definition) is 1. The number of non-ortho nitro benzene ring substituents is 1. The Morgan fingerprint density at radius 2 is 1.95 bits per heavy atom. The Balaban J connectivity index is 2.25. The first-order valence-electron chi connectivity index (χ1n) is 7.15. The number of nitrogens with zero attached hydrogens (tertiary/aromatic N) is 3. The summed E-state index contributed by atoms with van der Waals surface area (Å²) in [7, 11) is 0. The first-order valence-corrected chi connectivity index (χ1v) is 7.15. The molecule has 1 aliphatic rings. The SMILES string of the molecule is CC1CCC/C(=N\Nc2ccc([N+](=O)[O-])cc2[N+](=O)[O-])C1C. The average molecular weight is 306 g/mol. The lowest BCUT2D eigenvalue weighted by atomic mass is 9.80. The zero-order valence-corrected chi connectivity index (χ0v) is 12.5. The van der Waals surface area contributed by atoms with Crippen LogP contribution in [0.2, 0.25) is 0 Å². The van der Waals surface area contributed by atoms with Crippen LogP contribution in [0.5, 0.6) is 0 Å². The van der Waals surface area contributed by atoms with Crippen molar-refractivity contribution in [1.82, 2.24) is 0 Å². The molecule has 0 bridgehead atoms. The highest BCUT2D eigenvalue weighted by Crippen LogP contribution is 2.30. The van der Waals surface area contributed by atoms with Gasteiger partial charge in [-0.3, -0.25) is 25.7 Å². The number of anilines is 1. The molecule has 118 valence electrons. The van der Waals surface area contributed by atoms with Gasteiger partial charge in [-0.05, 0) is 37.2 Å². The normalized spacial score (nSPS) is 23.3. The summed E-state index contributed by atoms with van der Waals surface area (Å²) in [4.78, 5) is 20.5. The highest BCUT2D eigenvalue weighted by atomic mass is 16.6. The van der Waals surface area contributed by atoms with Gasteiger partial charge in [-0.25, -0.2) is 0 Å². The molecule has 8 heteroatoms. The number of rotatable bonds is 4. The number of nitrogens with one attached hydrogen (secondary N) is 1. The third-order valence-corrected chi connectivity index (χ3v) is 4.18. The molecule has 2 rings (SSSR count). The lowest BCUT2D eigenvalue weighted by molar-refractivity contribution is -0.393. The van der Waals surface area contributed by atoms with Gasteiger partial charge in [0.05, 0.1) is 15.9 Å². The van der Waals surface area contributed by atoms with E-state index in [0.29, 0.717) is 11.8 Å². The smallest absolute Gasteiger partial charge is 0.272 e. The molecule has 1 saturated carbocycles. The van der Waals surface area contributed by atoms with Crippen molar-refractivity contribution in [1.29, 1.82) is 0 Å². The molecule has 0 amide bonds. The van der Waals surface area contributed by atoms with E-state index in [2.05, 4.69) is 24.4 Å². The molecular formula is C14H18N4O4. The summed E-state index contributed by atoms with van der Waals surface area (Å²) in [6, 6.07) is 3.48. The van der Waals surface area contributed by atoms with Crippen LogP contribution in [0.4, 0.5) is 17.1 Å². The van der Waals surface area contributed by atoms with E-state index >= 15 is 0 Å². The molecule has 8 nitrogen and oxygen atoms in total. The van der Waals surface area contributed by atoms with E-state index < -0.39 is 9.85 Å². The van der Waals surface area contributed by atoms with E-state index in [1.165, 1.54) is 12.1 Å². The lowest BCUT2D eigenvalue weighted by Gasteiger charge is -2.27. The van der Waals surface area contributed by atoms with Crippen LogP contribution in [0.1, 0.15) is 33.1 Å². The van der Waals surface area contributed by atoms with E-state index in [1.54, 1.807) is 0 Å². The number of nitro benzene ring substituents is 2. The maximum Gasteiger partial charge on any atom is 0.301 e. The summed E-state index contributed by atoms with van der Waals surface area (Å²) >= 11 is 0. The summed E-state index contributed by atoms with van der Waals surface area (Å²) in [5.74, 6) is 0.847. The monoisotopic (exact) mass is 306 g/mol. The molecular weight excluding hydrogens is 288 g/mol. The fraction of sp³-hybridized carbons (Fsp3) is 0.500. The van der Waals surface area contributed by atoms with Crippen molar-refractivity contribution in [2.24, 2.45) is 16.9 Å². The molecule has 0 radical (unpaired) electrons. The van der Waals surface area contributed by atoms with Gasteiger partial charge in [0.15, 0.2) is 0 Å². The molecule has 0 aromatic heterocycles. The molecule has 0 heterocycles. The molecule has 1 aromatic rings. The van der Waals surface area contributed by atoms with Crippen LogP contribution >= 0.6 is 0 Å². The molecule has 0 aliphatic heterocycles. The van der Waals surface area contributed by atoms with Crippen LogP contribution in [0, 0.1) is 32.1 Å². The first-order chi connectivity index (χ1) is 10.4. The number of hydrazone groups is 1. The van der Waals surface area contributed by atoms with Gasteiger partial charge in [-0.15, -0.1) is 0 Å². The number of hydrogen-bond acceptors (Lipinski definition) is 6. The van der Waals surface area contributed by atoms with E-state index in [9.17, 15) is 20.2 Å². The van der Waals surface area contributed by atoms with Gasteiger partial charge in [0.2, 0.25) is 0 Å². The summed E-state index contributed by atoms with van der Waals surface area (Å²) in [5, 5.41) is 26.1. The van der Waals surface area contributed by atoms with Crippen LogP contribution < -0.4 is 5.43 Å². The van der Waals surface area contributed by atoms with Gasteiger partial charge in [0, 0.05) is 11.8 Å². The summed E-state index contributed by atoms with van der Waals surface area (Å²) < 4.78 is 0. The fourth-order valence-corrected chi connectivity index (χ4v) is 2.58. The molecule has 1 N–H and O–H groups in total. The Morgan fingerprint density at radius 3 is 2.59 bits per heavy atom. The summed E-state index contributed by atoms with van der Waals surface area (Å²) in [6.07, 6.45) is 3.06. The maximum atomic E-state index is 11.1. The van der Waals surface area contributed by atoms with Gasteiger partial charge in [0.25, 0.3) is 5.69 Å². The van der Waals surface area contributed by atoms with Crippen molar-refractivity contribution in [3.63, 3.8) is 0 Å². The third-order valence-electron chi connectivity index (χ3n) is 4.18. The topological polar surface area (TPSA) is 111 Å². The van der Waals surface area contributed by atoms with Crippen molar-refractivity contribution in [2.75, 3.05) is 5.43 Å². The molecule has 22 heavy (non-hydrogen) atoms. The Bertz CT molecular complexity index is 629. The van der Waals surface area contributed by atoms with Crippen LogP contribution in [0.15, 0.2) is 23.3 Å². The van der Waals surface area contributed by atoms with Crippen molar-refractivity contribution in [3.05, 3.63) is 38.4 Å². The second-order valence-electron chi connectivity index (χ2n) is 5.59. The van der Waals surface area contributed by atoms with Gasteiger partial charge in [0.1, 0.15) is 5.69 Å². The predicted molar refractivity (Wildman–Crippen MR) is 83.0 cm³/mol. The van der Waals surface area contributed by atoms with Crippen LogP contribution in [-0.4, -0.2) is 15.6 Å². The van der Waals surface area contributed by atoms with E-state index in [1.807, 2.05) is 0 Å². The zero-order chi connectivity index (χ0) is 16.3. The Labute approximate surface area is 127 Å². The lowest BCUT2D eigenvalue weighted by Crippen LogP contribution is -2.25. The standard InChI is InChI=1S/C14H18N4O4/c1-9-4-3-5-12(10(9)2)15-16-13-7-6-11(17(19)20)8-14(13)18(21)22/h6-10,16H,3-5H2,1-2H3/b15-12+. The minimum Gasteiger partial charge on any atom is -0.272 e. The third kappa shape index (κ3) is 3.38. The number of nitro groups is 2. The van der Waals surface area contributed by atoms with E-state index in [-0.39, 0.29) is 17.1 Å². The number of benzene rings is 1. The molecule has 2 atom stereocenters. The molecule has 2 unspecified atom stereocenters. The fourth-order valence-electron chi connectivity index (χ4n) is 2.58. The quantitative estimate of drug-likeness (QED) is 0.673. The predicted octanol–water partition coefficient (Wildman–Crippen LogP) is 3.73. The van der Waals surface area contributed by atoms with Crippen molar-refractivity contribution in [3.8, 4) is 0 Å². The Kier molecular flexibility index (Phi) is 4.69. The minimum absolute atomic E-state index is 0.161. The Morgan fingerprint density at radius 1 is 1.23 bits per heavy atom. The summed E-state index contributed by atoms with van der Waals surface area (Å²) in [6.45, 7) is 4.25. The van der Waals surface area contributed by atoms with E-state index in [4.69, 9.17) is 0 Å². The minimum atomic E-state index is -0.659. The highest BCUT2D eigenvalue weighted by molar-refractivity contribution is 5.88. The first kappa shape index (κ1) is 15.9. The maximum absolute atomic E-state index is 11.1. The van der Waals surface area contributed by atoms with Crippen molar-refractivity contribution in [2.45, 2.75) is 33.1 Å². The molecule has 0 spiro atoms. The molecule has 1 aromatic carbocycles. The van der Waals surface area contributed by atoms with Crippen LogP contribution in [0.3, 0.4) is 0 Å². The van der Waals surface area contributed by atoms with Crippen molar-refractivity contribution < 1.29 is 9.85 Å². The average Bonchev–Trinajstić information content (AvgIpc) is 2.48. The second-order valence-corrected chi connectivity index (χ2v) is 5.59. The summed E-state index contributed by atoms with van der Waals surface area (Å²) in [5.41, 5.74) is 3.18. The highest BCUT2D eigenvalue weighted by Gasteiger charge is 2.24. The van der Waals surface area contributed by atoms with Crippen LogP contribution in [0.25, 0.3) is 0 Å². The van der Waals surface area contributed by atoms with Gasteiger partial charge in [-0.2, -0.15) is 5.10 Å².